The van der Waals surface area contributed by atoms with Gasteiger partial charge in [0.25, 0.3) is 0 Å². The van der Waals surface area contributed by atoms with Crippen LogP contribution in [0, 0.1) is 5.82 Å². The van der Waals surface area contributed by atoms with Gasteiger partial charge in [-0.15, -0.1) is 11.3 Å². The molecule has 118 valence electrons. The van der Waals surface area contributed by atoms with E-state index in [-0.39, 0.29) is 28.0 Å². The molecule has 22 heavy (non-hydrogen) atoms. The summed E-state index contributed by atoms with van der Waals surface area (Å²) in [4.78, 5) is 15.3. The molecule has 0 aliphatic heterocycles. The molecule has 1 amide bonds. The molecule has 0 fully saturated rings. The number of sulfone groups is 1. The van der Waals surface area contributed by atoms with E-state index in [0.717, 1.165) is 18.2 Å². The second kappa shape index (κ2) is 6.72. The molecule has 2 aromatic rings. The lowest BCUT2D eigenvalue weighted by Crippen LogP contribution is -2.19. The first-order valence-electron chi connectivity index (χ1n) is 6.13. The minimum Gasteiger partial charge on any atom is -0.359 e. The predicted octanol–water partition coefficient (Wildman–Crippen LogP) is 2.20. The van der Waals surface area contributed by atoms with Crippen LogP contribution in [0.5, 0.6) is 0 Å². The van der Waals surface area contributed by atoms with E-state index < -0.39 is 15.7 Å². The monoisotopic (exact) mass is 362 g/mol. The number of hydrogen-bond acceptors (Lipinski definition) is 5. The van der Waals surface area contributed by atoms with E-state index in [1.165, 1.54) is 18.4 Å². The maximum atomic E-state index is 13.1. The Balaban J connectivity index is 2.18. The van der Waals surface area contributed by atoms with Gasteiger partial charge in [0.15, 0.2) is 9.84 Å². The highest BCUT2D eigenvalue weighted by atomic mass is 35.5. The number of benzene rings is 1. The minimum atomic E-state index is -3.68. The van der Waals surface area contributed by atoms with Crippen LogP contribution in [0.3, 0.4) is 0 Å². The molecular formula is C13H12ClFN2O3S2. The SMILES string of the molecule is CNC(=O)Cc1nc(CS(=O)(=O)c2ccc(F)c(Cl)c2)cs1. The van der Waals surface area contributed by atoms with Crippen molar-refractivity contribution in [1.29, 1.82) is 0 Å². The number of hydrogen-bond donors (Lipinski definition) is 1. The molecule has 0 spiro atoms. The summed E-state index contributed by atoms with van der Waals surface area (Å²) >= 11 is 6.82. The lowest BCUT2D eigenvalue weighted by molar-refractivity contribution is -0.119. The molecule has 0 aliphatic carbocycles. The molecule has 9 heteroatoms. The van der Waals surface area contributed by atoms with Gasteiger partial charge in [0.2, 0.25) is 5.91 Å². The summed E-state index contributed by atoms with van der Waals surface area (Å²) in [6, 6.07) is 3.24. The van der Waals surface area contributed by atoms with Crippen LogP contribution in [0.15, 0.2) is 28.5 Å². The Kier molecular flexibility index (Phi) is 5.15. The van der Waals surface area contributed by atoms with E-state index >= 15 is 0 Å². The van der Waals surface area contributed by atoms with Crippen molar-refractivity contribution in [2.24, 2.45) is 0 Å². The quantitative estimate of drug-likeness (QED) is 0.827. The number of carbonyl (C=O) groups is 1. The van der Waals surface area contributed by atoms with Crippen molar-refractivity contribution in [3.63, 3.8) is 0 Å². The maximum Gasteiger partial charge on any atom is 0.226 e. The number of nitrogens with zero attached hydrogens (tertiary/aromatic N) is 1. The lowest BCUT2D eigenvalue weighted by Gasteiger charge is -2.03. The Morgan fingerprint density at radius 1 is 1.45 bits per heavy atom. The first-order chi connectivity index (χ1) is 10.3. The van der Waals surface area contributed by atoms with Crippen LogP contribution < -0.4 is 5.32 Å². The average molecular weight is 363 g/mol. The van der Waals surface area contributed by atoms with Crippen LogP contribution in [0.4, 0.5) is 4.39 Å². The van der Waals surface area contributed by atoms with Crippen molar-refractivity contribution in [3.05, 3.63) is 45.1 Å². The van der Waals surface area contributed by atoms with E-state index in [0.29, 0.717) is 10.7 Å². The van der Waals surface area contributed by atoms with Gasteiger partial charge in [-0.25, -0.2) is 17.8 Å². The van der Waals surface area contributed by atoms with Gasteiger partial charge in [0.05, 0.1) is 27.8 Å². The zero-order chi connectivity index (χ0) is 16.3. The fourth-order valence-corrected chi connectivity index (χ4v) is 4.09. The van der Waals surface area contributed by atoms with Crippen molar-refractivity contribution in [2.45, 2.75) is 17.1 Å². The Morgan fingerprint density at radius 3 is 2.82 bits per heavy atom. The number of thiazole rings is 1. The number of amides is 1. The average Bonchev–Trinajstić information content (AvgIpc) is 2.87. The molecule has 5 nitrogen and oxygen atoms in total. The van der Waals surface area contributed by atoms with Gasteiger partial charge in [0.1, 0.15) is 10.8 Å². The number of aromatic nitrogens is 1. The molecule has 0 atom stereocenters. The summed E-state index contributed by atoms with van der Waals surface area (Å²) in [5.74, 6) is -1.21. The highest BCUT2D eigenvalue weighted by Crippen LogP contribution is 2.23. The van der Waals surface area contributed by atoms with Gasteiger partial charge in [-0.05, 0) is 18.2 Å². The summed E-state index contributed by atoms with van der Waals surface area (Å²) in [6.45, 7) is 0. The van der Waals surface area contributed by atoms with Crippen molar-refractivity contribution in [1.82, 2.24) is 10.3 Å². The van der Waals surface area contributed by atoms with Gasteiger partial charge < -0.3 is 5.32 Å². The van der Waals surface area contributed by atoms with Gasteiger partial charge >= 0.3 is 0 Å². The molecular weight excluding hydrogens is 351 g/mol. The molecule has 2 rings (SSSR count). The molecule has 1 aromatic heterocycles. The van der Waals surface area contributed by atoms with Gasteiger partial charge in [-0.2, -0.15) is 0 Å². The van der Waals surface area contributed by atoms with E-state index in [4.69, 9.17) is 11.6 Å². The second-order valence-electron chi connectivity index (χ2n) is 4.42. The third-order valence-electron chi connectivity index (χ3n) is 2.78. The highest BCUT2D eigenvalue weighted by Gasteiger charge is 2.19. The van der Waals surface area contributed by atoms with Gasteiger partial charge in [0, 0.05) is 12.4 Å². The van der Waals surface area contributed by atoms with Crippen LogP contribution in [0.1, 0.15) is 10.7 Å². The Hall–Kier alpha value is -1.51. The van der Waals surface area contributed by atoms with E-state index in [9.17, 15) is 17.6 Å². The van der Waals surface area contributed by atoms with Crippen molar-refractivity contribution >= 4 is 38.7 Å². The van der Waals surface area contributed by atoms with Crippen molar-refractivity contribution in [3.8, 4) is 0 Å². The van der Waals surface area contributed by atoms with Crippen molar-refractivity contribution in [2.75, 3.05) is 7.05 Å². The number of carbonyl (C=O) groups excluding carboxylic acids is 1. The van der Waals surface area contributed by atoms with E-state index in [1.807, 2.05) is 0 Å². The van der Waals surface area contributed by atoms with Crippen LogP contribution in [-0.4, -0.2) is 26.4 Å². The Morgan fingerprint density at radius 2 is 2.18 bits per heavy atom. The summed E-state index contributed by atoms with van der Waals surface area (Å²) in [5, 5.41) is 4.33. The zero-order valence-electron chi connectivity index (χ0n) is 11.5. The van der Waals surface area contributed by atoms with E-state index in [2.05, 4.69) is 10.3 Å². The normalized spacial score (nSPS) is 11.4. The predicted molar refractivity (Wildman–Crippen MR) is 82.2 cm³/mol. The number of halogens is 2. The van der Waals surface area contributed by atoms with Crippen molar-refractivity contribution < 1.29 is 17.6 Å². The number of likely N-dealkylation sites (N-methyl/N-ethyl adjacent to an activating group) is 1. The first kappa shape index (κ1) is 16.9. The Bertz CT molecular complexity index is 805. The van der Waals surface area contributed by atoms with Gasteiger partial charge in [-0.3, -0.25) is 4.79 Å². The topological polar surface area (TPSA) is 76.1 Å². The summed E-state index contributed by atoms with van der Waals surface area (Å²) in [7, 11) is -2.17. The van der Waals surface area contributed by atoms with Crippen LogP contribution in [-0.2, 0) is 26.8 Å². The molecule has 0 bridgehead atoms. The molecule has 1 N–H and O–H groups in total. The fourth-order valence-electron chi connectivity index (χ4n) is 1.67. The molecule has 0 saturated heterocycles. The third-order valence-corrected chi connectivity index (χ3v) is 5.61. The summed E-state index contributed by atoms with van der Waals surface area (Å²) < 4.78 is 37.6. The van der Waals surface area contributed by atoms with E-state index in [1.54, 1.807) is 5.38 Å². The second-order valence-corrected chi connectivity index (χ2v) is 7.76. The number of rotatable bonds is 5. The lowest BCUT2D eigenvalue weighted by atomic mass is 10.3. The molecule has 1 heterocycles. The van der Waals surface area contributed by atoms with Crippen LogP contribution in [0.2, 0.25) is 5.02 Å². The maximum absolute atomic E-state index is 13.1. The summed E-state index contributed by atoms with van der Waals surface area (Å²) in [5.41, 5.74) is 0.337. The van der Waals surface area contributed by atoms with Crippen LogP contribution in [0.25, 0.3) is 0 Å². The molecule has 0 unspecified atom stereocenters. The Labute approximate surface area is 136 Å². The molecule has 0 aliphatic rings. The first-order valence-corrected chi connectivity index (χ1v) is 9.04. The molecule has 1 aromatic carbocycles. The van der Waals surface area contributed by atoms with Gasteiger partial charge in [-0.1, -0.05) is 11.6 Å². The fraction of sp³-hybridized carbons (Fsp3) is 0.231. The minimum absolute atomic E-state index is 0.0697. The highest BCUT2D eigenvalue weighted by molar-refractivity contribution is 7.90. The van der Waals surface area contributed by atoms with Crippen LogP contribution >= 0.6 is 22.9 Å². The zero-order valence-corrected chi connectivity index (χ0v) is 13.9. The summed E-state index contributed by atoms with van der Waals surface area (Å²) in [6.07, 6.45) is 0.101. The third kappa shape index (κ3) is 4.02. The number of nitrogens with one attached hydrogen (secondary N) is 1. The standard InChI is InChI=1S/C13H12ClFN2O3S2/c1-16-12(18)5-13-17-8(6-21-13)7-22(19,20)9-2-3-11(15)10(14)4-9/h2-4,6H,5,7H2,1H3,(H,16,18). The molecule has 0 radical (unpaired) electrons. The largest absolute Gasteiger partial charge is 0.359 e. The smallest absolute Gasteiger partial charge is 0.226 e. The molecule has 0 saturated carbocycles.